The number of unbranched alkanes of at least 4 members (excludes halogenated alkanes) is 60. The van der Waals surface area contributed by atoms with Crippen molar-refractivity contribution in [3.63, 3.8) is 0 Å². The topological polar surface area (TPSA) is 95.9 Å². The zero-order valence-corrected chi connectivity index (χ0v) is 54.9. The minimum absolute atomic E-state index is 0.0266. The molecule has 0 aliphatic carbocycles. The Balaban J connectivity index is 3.25. The van der Waals surface area contributed by atoms with E-state index in [4.69, 9.17) is 4.74 Å². The molecular weight excluding hydrogens is 983 g/mol. The fourth-order valence-electron chi connectivity index (χ4n) is 12.2. The molecule has 0 saturated heterocycles. The summed E-state index contributed by atoms with van der Waals surface area (Å²) >= 11 is 0. The number of amides is 1. The van der Waals surface area contributed by atoms with Gasteiger partial charge in [-0.2, -0.15) is 0 Å². The van der Waals surface area contributed by atoms with Crippen molar-refractivity contribution in [3.8, 4) is 0 Å². The maximum absolute atomic E-state index is 12.5. The van der Waals surface area contributed by atoms with Gasteiger partial charge in [0.05, 0.1) is 25.4 Å². The van der Waals surface area contributed by atoms with Crippen molar-refractivity contribution in [2.75, 3.05) is 13.2 Å². The van der Waals surface area contributed by atoms with Crippen LogP contribution < -0.4 is 5.32 Å². The standard InChI is InChI=1S/C74H147NO5/c1-3-5-7-9-11-13-15-43-48-52-56-60-64-68-74(79)80-69-65-61-57-53-49-45-42-40-38-36-34-32-30-28-26-24-22-20-18-16-17-19-21-23-25-27-29-31-33-35-37-39-41-44-47-51-55-59-63-67-73(78)75-71(70-76)72(77)66-62-58-54-50-46-14-12-10-8-6-4-2/h71-72,76-77H,3-70H2,1-2H3,(H,75,78). The number of carbonyl (C=O) groups excluding carboxylic acids is 2. The molecular formula is C74H147NO5. The predicted octanol–water partition coefficient (Wildman–Crippen LogP) is 24.2. The summed E-state index contributed by atoms with van der Waals surface area (Å²) in [6, 6.07) is -0.534. The van der Waals surface area contributed by atoms with E-state index in [2.05, 4.69) is 19.2 Å². The Labute approximate surface area is 502 Å². The van der Waals surface area contributed by atoms with Crippen LogP contribution in [-0.4, -0.2) is 47.4 Å². The molecule has 0 fully saturated rings. The second-order valence-corrected chi connectivity index (χ2v) is 26.0. The van der Waals surface area contributed by atoms with E-state index in [1.165, 1.54) is 366 Å². The highest BCUT2D eigenvalue weighted by atomic mass is 16.5. The number of ether oxygens (including phenoxy) is 1. The highest BCUT2D eigenvalue weighted by molar-refractivity contribution is 5.76. The first-order valence-electron chi connectivity index (χ1n) is 37.3. The molecule has 0 aliphatic heterocycles. The van der Waals surface area contributed by atoms with Gasteiger partial charge in [0, 0.05) is 12.8 Å². The molecule has 6 heteroatoms. The molecule has 2 atom stereocenters. The molecule has 0 bridgehead atoms. The van der Waals surface area contributed by atoms with Crippen LogP contribution in [-0.2, 0) is 14.3 Å². The van der Waals surface area contributed by atoms with Crippen LogP contribution in [0.5, 0.6) is 0 Å². The first-order chi connectivity index (χ1) is 39.5. The number of hydrogen-bond acceptors (Lipinski definition) is 5. The lowest BCUT2D eigenvalue weighted by Crippen LogP contribution is -2.45. The quantitative estimate of drug-likeness (QED) is 0.0417. The number of aliphatic hydroxyl groups is 2. The van der Waals surface area contributed by atoms with Crippen LogP contribution >= 0.6 is 0 Å². The number of carbonyl (C=O) groups is 2. The lowest BCUT2D eigenvalue weighted by atomic mass is 10.0. The first-order valence-corrected chi connectivity index (χ1v) is 37.3. The summed E-state index contributed by atoms with van der Waals surface area (Å²) in [5, 5.41) is 23.2. The molecule has 1 amide bonds. The van der Waals surface area contributed by atoms with Gasteiger partial charge in [-0.05, 0) is 25.7 Å². The average Bonchev–Trinajstić information content (AvgIpc) is 3.46. The monoisotopic (exact) mass is 1130 g/mol. The summed E-state index contributed by atoms with van der Waals surface area (Å²) in [5.74, 6) is -0.000380. The molecule has 0 rings (SSSR count). The SMILES string of the molecule is CCCCCCCCCCCCCCCC(=O)OCCCCCCCCCCCCCCCCCCCCCCCCCCCCCCCCCCCCCCCCCC(=O)NC(CO)C(O)CCCCCCCCCCCCC. The van der Waals surface area contributed by atoms with Crippen LogP contribution in [0.4, 0.5) is 0 Å². The van der Waals surface area contributed by atoms with Crippen molar-refractivity contribution in [3.05, 3.63) is 0 Å². The average molecular weight is 1130 g/mol. The number of rotatable bonds is 71. The summed E-state index contributed by atoms with van der Waals surface area (Å²) in [6.45, 7) is 4.99. The Kier molecular flexibility index (Phi) is 69.3. The maximum atomic E-state index is 12.5. The van der Waals surface area contributed by atoms with Gasteiger partial charge < -0.3 is 20.3 Å². The van der Waals surface area contributed by atoms with E-state index in [-0.39, 0.29) is 18.5 Å². The normalized spacial score (nSPS) is 12.4. The van der Waals surface area contributed by atoms with E-state index in [1.54, 1.807) is 0 Å². The van der Waals surface area contributed by atoms with Gasteiger partial charge in [0.25, 0.3) is 0 Å². The summed E-state index contributed by atoms with van der Waals surface area (Å²) in [4.78, 5) is 24.5. The molecule has 80 heavy (non-hydrogen) atoms. The first kappa shape index (κ1) is 78.9. The highest BCUT2D eigenvalue weighted by Gasteiger charge is 2.20. The van der Waals surface area contributed by atoms with E-state index in [0.717, 1.165) is 38.5 Å². The molecule has 0 aromatic rings. The van der Waals surface area contributed by atoms with Gasteiger partial charge in [0.15, 0.2) is 0 Å². The molecule has 0 aromatic carbocycles. The third-order valence-corrected chi connectivity index (χ3v) is 17.9. The van der Waals surface area contributed by atoms with Crippen LogP contribution in [0.1, 0.15) is 438 Å². The van der Waals surface area contributed by atoms with Gasteiger partial charge in [-0.25, -0.2) is 0 Å². The number of esters is 1. The van der Waals surface area contributed by atoms with Gasteiger partial charge >= 0.3 is 5.97 Å². The van der Waals surface area contributed by atoms with E-state index in [0.29, 0.717) is 25.9 Å². The summed E-state index contributed by atoms with van der Waals surface area (Å²) in [5.41, 5.74) is 0. The van der Waals surface area contributed by atoms with Gasteiger partial charge in [-0.3, -0.25) is 9.59 Å². The van der Waals surface area contributed by atoms with Gasteiger partial charge in [-0.1, -0.05) is 399 Å². The molecule has 0 aliphatic rings. The minimum Gasteiger partial charge on any atom is -0.466 e. The van der Waals surface area contributed by atoms with E-state index in [1.807, 2.05) is 0 Å². The second-order valence-electron chi connectivity index (χ2n) is 26.0. The van der Waals surface area contributed by atoms with Crippen molar-refractivity contribution < 1.29 is 24.5 Å². The van der Waals surface area contributed by atoms with E-state index < -0.39 is 12.1 Å². The maximum Gasteiger partial charge on any atom is 0.305 e. The van der Waals surface area contributed by atoms with Gasteiger partial charge in [0.1, 0.15) is 0 Å². The van der Waals surface area contributed by atoms with Gasteiger partial charge in [-0.15, -0.1) is 0 Å². The van der Waals surface area contributed by atoms with Crippen LogP contribution in [0.3, 0.4) is 0 Å². The molecule has 478 valence electrons. The highest BCUT2D eigenvalue weighted by Crippen LogP contribution is 2.20. The Bertz CT molecular complexity index is 1160. The molecule has 0 radical (unpaired) electrons. The number of nitrogens with one attached hydrogen (secondary N) is 1. The van der Waals surface area contributed by atoms with Crippen LogP contribution in [0.25, 0.3) is 0 Å². The largest absolute Gasteiger partial charge is 0.466 e. The predicted molar refractivity (Wildman–Crippen MR) is 352 cm³/mol. The molecule has 0 aromatic heterocycles. The fourth-order valence-corrected chi connectivity index (χ4v) is 12.2. The van der Waals surface area contributed by atoms with Crippen molar-refractivity contribution in [2.24, 2.45) is 0 Å². The second kappa shape index (κ2) is 70.3. The molecule has 0 heterocycles. The zero-order valence-electron chi connectivity index (χ0n) is 54.9. The van der Waals surface area contributed by atoms with Crippen LogP contribution in [0.15, 0.2) is 0 Å². The van der Waals surface area contributed by atoms with Crippen molar-refractivity contribution in [1.82, 2.24) is 5.32 Å². The Hall–Kier alpha value is -1.14. The molecule has 0 saturated carbocycles. The minimum atomic E-state index is -0.657. The summed E-state index contributed by atoms with van der Waals surface area (Å²) in [7, 11) is 0. The number of hydrogen-bond donors (Lipinski definition) is 3. The molecule has 6 nitrogen and oxygen atoms in total. The molecule has 0 spiro atoms. The van der Waals surface area contributed by atoms with Crippen LogP contribution in [0.2, 0.25) is 0 Å². The Morgan fingerprint density at radius 2 is 0.512 bits per heavy atom. The van der Waals surface area contributed by atoms with E-state index in [9.17, 15) is 19.8 Å². The third kappa shape index (κ3) is 66.0. The van der Waals surface area contributed by atoms with Crippen LogP contribution in [0, 0.1) is 0 Å². The lowest BCUT2D eigenvalue weighted by molar-refractivity contribution is -0.143. The summed E-state index contributed by atoms with van der Waals surface area (Å²) < 4.78 is 5.50. The van der Waals surface area contributed by atoms with Crippen molar-refractivity contribution in [2.45, 2.75) is 450 Å². The zero-order chi connectivity index (χ0) is 57.8. The third-order valence-electron chi connectivity index (χ3n) is 17.9. The van der Waals surface area contributed by atoms with Crippen molar-refractivity contribution >= 4 is 11.9 Å². The Morgan fingerprint density at radius 3 is 0.762 bits per heavy atom. The number of aliphatic hydroxyl groups excluding tert-OH is 2. The fraction of sp³-hybridized carbons (Fsp3) is 0.973. The van der Waals surface area contributed by atoms with E-state index >= 15 is 0 Å². The molecule has 3 N–H and O–H groups in total. The van der Waals surface area contributed by atoms with Gasteiger partial charge in [0.2, 0.25) is 5.91 Å². The molecule has 2 unspecified atom stereocenters. The van der Waals surface area contributed by atoms with Crippen molar-refractivity contribution in [1.29, 1.82) is 0 Å². The lowest BCUT2D eigenvalue weighted by Gasteiger charge is -2.22. The smallest absolute Gasteiger partial charge is 0.305 e. The Morgan fingerprint density at radius 1 is 0.300 bits per heavy atom. The summed E-state index contributed by atoms with van der Waals surface area (Å²) in [6.07, 6.45) is 86.3.